The SMILES string of the molecule is CN(C)C(=O)CN=C(NC1CCN(c2cccs2)CC1)NC1CCOc2ccccc21. The molecule has 1 aromatic heterocycles. The maximum absolute atomic E-state index is 12.1. The lowest BCUT2D eigenvalue weighted by Gasteiger charge is -2.35. The third-order valence-electron chi connectivity index (χ3n) is 5.79. The van der Waals surface area contributed by atoms with Crippen LogP contribution in [0.3, 0.4) is 0 Å². The van der Waals surface area contributed by atoms with Crippen molar-refractivity contribution in [3.05, 3.63) is 47.3 Å². The Kier molecular flexibility index (Phi) is 6.96. The number of nitrogens with zero attached hydrogens (tertiary/aromatic N) is 3. The lowest BCUT2D eigenvalue weighted by molar-refractivity contribution is -0.127. The molecule has 0 aliphatic carbocycles. The summed E-state index contributed by atoms with van der Waals surface area (Å²) in [4.78, 5) is 20.8. The average Bonchev–Trinajstić information content (AvgIpc) is 3.33. The van der Waals surface area contributed by atoms with Gasteiger partial charge in [0.25, 0.3) is 0 Å². The first kappa shape index (κ1) is 21.5. The fraction of sp³-hybridized carbons (Fsp3) is 0.478. The summed E-state index contributed by atoms with van der Waals surface area (Å²) in [7, 11) is 3.51. The number of carbonyl (C=O) groups excluding carboxylic acids is 1. The predicted molar refractivity (Wildman–Crippen MR) is 126 cm³/mol. The van der Waals surface area contributed by atoms with Gasteiger partial charge in [0.1, 0.15) is 12.3 Å². The number of anilines is 1. The summed E-state index contributed by atoms with van der Waals surface area (Å²) in [5.74, 6) is 1.60. The van der Waals surface area contributed by atoms with Crippen molar-refractivity contribution in [3.63, 3.8) is 0 Å². The summed E-state index contributed by atoms with van der Waals surface area (Å²) in [6.45, 7) is 2.82. The zero-order chi connectivity index (χ0) is 21.6. The number of aliphatic imine (C=N–C) groups is 1. The summed E-state index contributed by atoms with van der Waals surface area (Å²) in [5, 5.41) is 10.6. The van der Waals surface area contributed by atoms with E-state index >= 15 is 0 Å². The van der Waals surface area contributed by atoms with Crippen molar-refractivity contribution in [2.24, 2.45) is 4.99 Å². The highest BCUT2D eigenvalue weighted by atomic mass is 32.1. The van der Waals surface area contributed by atoms with Gasteiger partial charge in [0.15, 0.2) is 5.96 Å². The van der Waals surface area contributed by atoms with Crippen molar-refractivity contribution in [1.29, 1.82) is 0 Å². The van der Waals surface area contributed by atoms with Crippen molar-refractivity contribution in [2.45, 2.75) is 31.3 Å². The van der Waals surface area contributed by atoms with E-state index in [2.05, 4.69) is 44.1 Å². The number of carbonyl (C=O) groups is 1. The number of hydrogen-bond donors (Lipinski definition) is 2. The minimum absolute atomic E-state index is 0.0130. The van der Waals surface area contributed by atoms with Crippen molar-refractivity contribution in [2.75, 3.05) is 45.2 Å². The summed E-state index contributed by atoms with van der Waals surface area (Å²) in [6.07, 6.45) is 2.92. The normalized spacial score (nSPS) is 19.4. The number of fused-ring (bicyclic) bond motifs is 1. The molecule has 4 rings (SSSR count). The number of hydrogen-bond acceptors (Lipinski definition) is 5. The van der Waals surface area contributed by atoms with E-state index in [0.29, 0.717) is 18.6 Å². The number of thiophene rings is 1. The number of likely N-dealkylation sites (N-methyl/N-ethyl adjacent to an activating group) is 1. The van der Waals surface area contributed by atoms with Gasteiger partial charge in [0.2, 0.25) is 5.91 Å². The van der Waals surface area contributed by atoms with Crippen LogP contribution >= 0.6 is 11.3 Å². The van der Waals surface area contributed by atoms with Crippen LogP contribution in [-0.2, 0) is 4.79 Å². The Hall–Kier alpha value is -2.74. The molecule has 7 nitrogen and oxygen atoms in total. The molecule has 1 fully saturated rings. The Morgan fingerprint density at radius 3 is 2.71 bits per heavy atom. The van der Waals surface area contributed by atoms with Crippen LogP contribution in [0.2, 0.25) is 0 Å². The maximum Gasteiger partial charge on any atom is 0.243 e. The van der Waals surface area contributed by atoms with Crippen LogP contribution in [0, 0.1) is 0 Å². The minimum atomic E-state index is -0.0130. The first-order valence-corrected chi connectivity index (χ1v) is 11.8. The van der Waals surface area contributed by atoms with Crippen LogP contribution in [0.5, 0.6) is 5.75 Å². The molecule has 2 aromatic rings. The second-order valence-corrected chi connectivity index (χ2v) is 9.11. The molecule has 1 amide bonds. The van der Waals surface area contributed by atoms with E-state index in [4.69, 9.17) is 4.74 Å². The van der Waals surface area contributed by atoms with E-state index in [0.717, 1.165) is 43.7 Å². The Bertz CT molecular complexity index is 891. The van der Waals surface area contributed by atoms with Crippen molar-refractivity contribution < 1.29 is 9.53 Å². The van der Waals surface area contributed by atoms with E-state index in [1.54, 1.807) is 30.3 Å². The molecule has 0 radical (unpaired) electrons. The zero-order valence-electron chi connectivity index (χ0n) is 18.2. The number of benzene rings is 1. The predicted octanol–water partition coefficient (Wildman–Crippen LogP) is 2.86. The smallest absolute Gasteiger partial charge is 0.243 e. The van der Waals surface area contributed by atoms with Gasteiger partial charge < -0.3 is 25.2 Å². The largest absolute Gasteiger partial charge is 0.493 e. The topological polar surface area (TPSA) is 69.2 Å². The second-order valence-electron chi connectivity index (χ2n) is 8.18. The highest BCUT2D eigenvalue weighted by molar-refractivity contribution is 7.14. The number of nitrogens with one attached hydrogen (secondary N) is 2. The van der Waals surface area contributed by atoms with Gasteiger partial charge in [-0.05, 0) is 36.4 Å². The van der Waals surface area contributed by atoms with Gasteiger partial charge in [-0.2, -0.15) is 0 Å². The summed E-state index contributed by atoms with van der Waals surface area (Å²) < 4.78 is 5.80. The third kappa shape index (κ3) is 5.50. The molecule has 8 heteroatoms. The van der Waals surface area contributed by atoms with Gasteiger partial charge >= 0.3 is 0 Å². The molecule has 1 atom stereocenters. The molecular weight excluding hydrogens is 410 g/mol. The van der Waals surface area contributed by atoms with Gasteiger partial charge in [-0.25, -0.2) is 4.99 Å². The monoisotopic (exact) mass is 441 g/mol. The maximum atomic E-state index is 12.1. The van der Waals surface area contributed by atoms with Crippen LogP contribution in [0.15, 0.2) is 46.8 Å². The van der Waals surface area contributed by atoms with Crippen LogP contribution in [-0.4, -0.2) is 63.1 Å². The van der Waals surface area contributed by atoms with Crippen molar-refractivity contribution in [1.82, 2.24) is 15.5 Å². The summed E-state index contributed by atoms with van der Waals surface area (Å²) >= 11 is 1.79. The number of para-hydroxylation sites is 1. The van der Waals surface area contributed by atoms with Gasteiger partial charge in [0, 0.05) is 45.2 Å². The number of amides is 1. The molecule has 2 aliphatic rings. The zero-order valence-corrected chi connectivity index (χ0v) is 19.0. The third-order valence-corrected chi connectivity index (χ3v) is 6.72. The summed E-state index contributed by atoms with van der Waals surface area (Å²) in [5.41, 5.74) is 1.13. The molecule has 1 aromatic carbocycles. The molecule has 0 bridgehead atoms. The van der Waals surface area contributed by atoms with E-state index in [-0.39, 0.29) is 18.5 Å². The molecular formula is C23H31N5O2S. The molecule has 2 N–H and O–H groups in total. The quantitative estimate of drug-likeness (QED) is 0.552. The highest BCUT2D eigenvalue weighted by Crippen LogP contribution is 2.31. The van der Waals surface area contributed by atoms with E-state index in [1.165, 1.54) is 5.00 Å². The number of piperidine rings is 1. The fourth-order valence-corrected chi connectivity index (χ4v) is 4.75. The van der Waals surface area contributed by atoms with E-state index < -0.39 is 0 Å². The number of ether oxygens (including phenoxy) is 1. The second kappa shape index (κ2) is 10.0. The Morgan fingerprint density at radius 2 is 1.97 bits per heavy atom. The van der Waals surface area contributed by atoms with Crippen LogP contribution in [0.1, 0.15) is 30.9 Å². The van der Waals surface area contributed by atoms with E-state index in [1.807, 2.05) is 18.2 Å². The van der Waals surface area contributed by atoms with Gasteiger partial charge in [-0.1, -0.05) is 18.2 Å². The van der Waals surface area contributed by atoms with Gasteiger partial charge in [-0.3, -0.25) is 4.79 Å². The lowest BCUT2D eigenvalue weighted by Crippen LogP contribution is -2.50. The van der Waals surface area contributed by atoms with Crippen LogP contribution in [0.4, 0.5) is 5.00 Å². The Balaban J connectivity index is 1.43. The molecule has 2 aliphatic heterocycles. The molecule has 0 spiro atoms. The van der Waals surface area contributed by atoms with E-state index in [9.17, 15) is 4.79 Å². The first-order chi connectivity index (χ1) is 15.1. The standard InChI is InChI=1S/C23H31N5O2S/c1-27(2)21(29)16-24-23(26-19-11-14-30-20-7-4-3-6-18(19)20)25-17-9-12-28(13-10-17)22-8-5-15-31-22/h3-8,15,17,19H,9-14,16H2,1-2H3,(H2,24,25,26). The molecule has 1 unspecified atom stereocenters. The number of rotatable bonds is 5. The van der Waals surface area contributed by atoms with Crippen molar-refractivity contribution >= 4 is 28.2 Å². The molecule has 166 valence electrons. The fourth-order valence-electron chi connectivity index (χ4n) is 3.97. The molecule has 3 heterocycles. The lowest BCUT2D eigenvalue weighted by atomic mass is 10.0. The highest BCUT2D eigenvalue weighted by Gasteiger charge is 2.25. The number of guanidine groups is 1. The minimum Gasteiger partial charge on any atom is -0.493 e. The Labute approximate surface area is 188 Å². The van der Waals surface area contributed by atoms with Crippen molar-refractivity contribution in [3.8, 4) is 5.75 Å². The van der Waals surface area contributed by atoms with Gasteiger partial charge in [0.05, 0.1) is 17.6 Å². The molecule has 0 saturated carbocycles. The molecule has 1 saturated heterocycles. The first-order valence-electron chi connectivity index (χ1n) is 10.9. The van der Waals surface area contributed by atoms with Gasteiger partial charge in [-0.15, -0.1) is 11.3 Å². The van der Waals surface area contributed by atoms with Crippen LogP contribution in [0.25, 0.3) is 0 Å². The average molecular weight is 442 g/mol. The Morgan fingerprint density at radius 1 is 1.16 bits per heavy atom. The molecule has 31 heavy (non-hydrogen) atoms. The van der Waals surface area contributed by atoms with Crippen LogP contribution < -0.4 is 20.3 Å². The summed E-state index contributed by atoms with van der Waals surface area (Å²) in [6, 6.07) is 12.8.